The molecule has 108 valence electrons. The van der Waals surface area contributed by atoms with E-state index in [0.717, 1.165) is 31.1 Å². The van der Waals surface area contributed by atoms with Gasteiger partial charge < -0.3 is 15.0 Å². The van der Waals surface area contributed by atoms with E-state index in [1.54, 1.807) is 7.11 Å². The van der Waals surface area contributed by atoms with E-state index in [0.29, 0.717) is 18.5 Å². The smallest absolute Gasteiger partial charge is 0.224 e. The Morgan fingerprint density at radius 1 is 1.37 bits per heavy atom. The molecule has 0 unspecified atom stereocenters. The van der Waals surface area contributed by atoms with Crippen molar-refractivity contribution < 1.29 is 4.74 Å². The number of hydrogen-bond acceptors (Lipinski definition) is 5. The molecule has 0 aliphatic rings. The van der Waals surface area contributed by atoms with Gasteiger partial charge in [-0.1, -0.05) is 13.8 Å². The van der Waals surface area contributed by atoms with Crippen LogP contribution >= 0.6 is 0 Å². The largest absolute Gasteiger partial charge is 0.383 e. The molecular weight excluding hydrogens is 240 g/mol. The van der Waals surface area contributed by atoms with Crippen molar-refractivity contribution in [1.82, 2.24) is 9.97 Å². The van der Waals surface area contributed by atoms with Gasteiger partial charge in [-0.25, -0.2) is 4.98 Å². The van der Waals surface area contributed by atoms with Crippen LogP contribution in [0.4, 0.5) is 11.8 Å². The molecular formula is C14H26N4O. The van der Waals surface area contributed by atoms with Gasteiger partial charge in [-0.2, -0.15) is 4.98 Å². The first-order valence-electron chi connectivity index (χ1n) is 6.90. The van der Waals surface area contributed by atoms with Gasteiger partial charge in [-0.05, 0) is 19.8 Å². The highest BCUT2D eigenvalue weighted by Crippen LogP contribution is 2.16. The van der Waals surface area contributed by atoms with Crippen LogP contribution in [-0.4, -0.2) is 43.3 Å². The molecule has 0 bridgehead atoms. The first-order valence-corrected chi connectivity index (χ1v) is 6.90. The Balaban J connectivity index is 2.92. The summed E-state index contributed by atoms with van der Waals surface area (Å²) >= 11 is 0. The lowest BCUT2D eigenvalue weighted by Crippen LogP contribution is -2.32. The molecule has 19 heavy (non-hydrogen) atoms. The quantitative estimate of drug-likeness (QED) is 0.782. The van der Waals surface area contributed by atoms with E-state index >= 15 is 0 Å². The highest BCUT2D eigenvalue weighted by Gasteiger charge is 2.12. The van der Waals surface area contributed by atoms with Crippen LogP contribution in [0.3, 0.4) is 0 Å². The highest BCUT2D eigenvalue weighted by molar-refractivity contribution is 5.44. The Kier molecular flexibility index (Phi) is 6.56. The molecule has 1 N–H and O–H groups in total. The van der Waals surface area contributed by atoms with Crippen molar-refractivity contribution in [3.8, 4) is 0 Å². The molecule has 5 nitrogen and oxygen atoms in total. The van der Waals surface area contributed by atoms with Crippen LogP contribution < -0.4 is 10.2 Å². The highest BCUT2D eigenvalue weighted by atomic mass is 16.5. The van der Waals surface area contributed by atoms with Crippen molar-refractivity contribution >= 4 is 11.8 Å². The van der Waals surface area contributed by atoms with E-state index in [1.165, 1.54) is 0 Å². The van der Waals surface area contributed by atoms with Crippen molar-refractivity contribution in [1.29, 1.82) is 0 Å². The fraction of sp³-hybridized carbons (Fsp3) is 0.714. The minimum absolute atomic E-state index is 0.578. The minimum Gasteiger partial charge on any atom is -0.383 e. The van der Waals surface area contributed by atoms with Crippen LogP contribution in [0.15, 0.2) is 6.07 Å². The first kappa shape index (κ1) is 15.7. The normalized spacial score (nSPS) is 10.8. The number of ether oxygens (including phenoxy) is 1. The van der Waals surface area contributed by atoms with Crippen molar-refractivity contribution in [2.75, 3.05) is 43.6 Å². The van der Waals surface area contributed by atoms with Gasteiger partial charge >= 0.3 is 0 Å². The molecule has 0 aliphatic heterocycles. The van der Waals surface area contributed by atoms with Gasteiger partial charge in [0.2, 0.25) is 5.95 Å². The van der Waals surface area contributed by atoms with E-state index in [1.807, 2.05) is 19.9 Å². The van der Waals surface area contributed by atoms with Gasteiger partial charge in [0.15, 0.2) is 0 Å². The lowest BCUT2D eigenvalue weighted by Gasteiger charge is -2.26. The number of anilines is 2. The third-order valence-corrected chi connectivity index (χ3v) is 2.65. The molecule has 0 fully saturated rings. The summed E-state index contributed by atoms with van der Waals surface area (Å²) in [6.45, 7) is 11.8. The van der Waals surface area contributed by atoms with Crippen molar-refractivity contribution in [3.63, 3.8) is 0 Å². The van der Waals surface area contributed by atoms with E-state index in [-0.39, 0.29) is 0 Å². The number of aromatic nitrogens is 2. The second kappa shape index (κ2) is 7.94. The Labute approximate surface area is 116 Å². The lowest BCUT2D eigenvalue weighted by atomic mass is 10.2. The number of rotatable bonds is 8. The second-order valence-corrected chi connectivity index (χ2v) is 5.05. The maximum absolute atomic E-state index is 5.18. The molecule has 1 heterocycles. The van der Waals surface area contributed by atoms with Crippen LogP contribution in [0.5, 0.6) is 0 Å². The molecule has 0 amide bonds. The molecule has 0 saturated carbocycles. The maximum Gasteiger partial charge on any atom is 0.224 e. The lowest BCUT2D eigenvalue weighted by molar-refractivity contribution is 0.204. The van der Waals surface area contributed by atoms with Crippen molar-refractivity contribution in [2.24, 2.45) is 5.92 Å². The molecule has 0 saturated heterocycles. The first-order chi connectivity index (χ1) is 9.06. The molecule has 0 atom stereocenters. The van der Waals surface area contributed by atoms with E-state index in [4.69, 9.17) is 4.74 Å². The molecule has 0 radical (unpaired) electrons. The van der Waals surface area contributed by atoms with Crippen LogP contribution in [0.25, 0.3) is 0 Å². The summed E-state index contributed by atoms with van der Waals surface area (Å²) < 4.78 is 5.18. The standard InChI is InChI=1S/C14H26N4O/c1-6-15-14-16-12(4)9-13(17-14)18(7-8-19-5)10-11(2)3/h9,11H,6-8,10H2,1-5H3,(H,15,16,17). The van der Waals surface area contributed by atoms with E-state index < -0.39 is 0 Å². The summed E-state index contributed by atoms with van der Waals surface area (Å²) in [6.07, 6.45) is 0. The number of methoxy groups -OCH3 is 1. The van der Waals surface area contributed by atoms with Crippen LogP contribution in [0, 0.1) is 12.8 Å². The Hall–Kier alpha value is -1.36. The second-order valence-electron chi connectivity index (χ2n) is 5.05. The topological polar surface area (TPSA) is 50.3 Å². The Morgan fingerprint density at radius 3 is 2.68 bits per heavy atom. The zero-order chi connectivity index (χ0) is 14.3. The molecule has 0 aromatic carbocycles. The molecule has 1 rings (SSSR count). The molecule has 1 aromatic heterocycles. The molecule has 0 spiro atoms. The number of nitrogens with one attached hydrogen (secondary N) is 1. The minimum atomic E-state index is 0.578. The van der Waals surface area contributed by atoms with Crippen LogP contribution in [0.2, 0.25) is 0 Å². The fourth-order valence-corrected chi connectivity index (χ4v) is 1.89. The zero-order valence-corrected chi connectivity index (χ0v) is 12.7. The molecule has 5 heteroatoms. The van der Waals surface area contributed by atoms with Crippen molar-refractivity contribution in [3.05, 3.63) is 11.8 Å². The van der Waals surface area contributed by atoms with Crippen LogP contribution in [-0.2, 0) is 4.74 Å². The predicted molar refractivity (Wildman–Crippen MR) is 79.9 cm³/mol. The summed E-state index contributed by atoms with van der Waals surface area (Å²) in [6, 6.07) is 2.03. The summed E-state index contributed by atoms with van der Waals surface area (Å²) in [7, 11) is 1.73. The molecule has 1 aromatic rings. The average Bonchev–Trinajstić information content (AvgIpc) is 2.33. The average molecular weight is 266 g/mol. The predicted octanol–water partition coefficient (Wildman–Crippen LogP) is 2.33. The third kappa shape index (κ3) is 5.42. The Morgan fingerprint density at radius 2 is 2.11 bits per heavy atom. The van der Waals surface area contributed by atoms with Gasteiger partial charge in [0.05, 0.1) is 6.61 Å². The zero-order valence-electron chi connectivity index (χ0n) is 12.7. The summed E-state index contributed by atoms with van der Waals surface area (Å²) in [5.74, 6) is 2.24. The van der Waals surface area contributed by atoms with E-state index in [2.05, 4.69) is 34.0 Å². The summed E-state index contributed by atoms with van der Waals surface area (Å²) in [5, 5.41) is 3.17. The van der Waals surface area contributed by atoms with Crippen molar-refractivity contribution in [2.45, 2.75) is 27.7 Å². The van der Waals surface area contributed by atoms with Crippen LogP contribution in [0.1, 0.15) is 26.5 Å². The van der Waals surface area contributed by atoms with E-state index in [9.17, 15) is 0 Å². The van der Waals surface area contributed by atoms with Gasteiger partial charge in [0.25, 0.3) is 0 Å². The number of hydrogen-bond donors (Lipinski definition) is 1. The van der Waals surface area contributed by atoms with Gasteiger partial charge in [-0.15, -0.1) is 0 Å². The van der Waals surface area contributed by atoms with Gasteiger partial charge in [-0.3, -0.25) is 0 Å². The SMILES string of the molecule is CCNc1nc(C)cc(N(CCOC)CC(C)C)n1. The third-order valence-electron chi connectivity index (χ3n) is 2.65. The maximum atomic E-state index is 5.18. The van der Waals surface area contributed by atoms with Gasteiger partial charge in [0.1, 0.15) is 5.82 Å². The summed E-state index contributed by atoms with van der Waals surface area (Å²) in [5.41, 5.74) is 0.979. The Bertz CT molecular complexity index is 382. The fourth-order valence-electron chi connectivity index (χ4n) is 1.89. The monoisotopic (exact) mass is 266 g/mol. The number of nitrogens with zero attached hydrogens (tertiary/aromatic N) is 3. The number of aryl methyl sites for hydroxylation is 1. The molecule has 0 aliphatic carbocycles. The summed E-state index contributed by atoms with van der Waals surface area (Å²) in [4.78, 5) is 11.2. The van der Waals surface area contributed by atoms with Gasteiger partial charge in [0, 0.05) is 38.5 Å².